The molecule has 138 valence electrons. The summed E-state index contributed by atoms with van der Waals surface area (Å²) in [6.45, 7) is 3.67. The van der Waals surface area contributed by atoms with Crippen LogP contribution in [0.5, 0.6) is 0 Å². The third-order valence-electron chi connectivity index (χ3n) is 4.78. The first-order chi connectivity index (χ1) is 13.1. The van der Waals surface area contributed by atoms with Crippen molar-refractivity contribution in [3.63, 3.8) is 0 Å². The molecular formula is C20H18FN3O2S. The van der Waals surface area contributed by atoms with E-state index in [0.717, 1.165) is 18.5 Å². The molecule has 2 N–H and O–H groups in total. The van der Waals surface area contributed by atoms with Gasteiger partial charge in [-0.3, -0.25) is 9.59 Å². The largest absolute Gasteiger partial charge is 0.343 e. The molecule has 2 heterocycles. The second-order valence-corrected chi connectivity index (χ2v) is 7.52. The maximum atomic E-state index is 13.4. The summed E-state index contributed by atoms with van der Waals surface area (Å²) in [6, 6.07) is 5.95. The van der Waals surface area contributed by atoms with E-state index >= 15 is 0 Å². The first kappa shape index (κ1) is 17.7. The molecule has 2 aliphatic rings. The molecule has 0 unspecified atom stereocenters. The third-order valence-corrected chi connectivity index (χ3v) is 5.65. The lowest BCUT2D eigenvalue weighted by Gasteiger charge is -2.32. The minimum atomic E-state index is -0.542. The Balaban J connectivity index is 1.90. The lowest BCUT2D eigenvalue weighted by molar-refractivity contribution is -0.116. The van der Waals surface area contributed by atoms with Crippen molar-refractivity contribution in [3.05, 3.63) is 75.5 Å². The highest BCUT2D eigenvalue weighted by Gasteiger charge is 2.37. The Morgan fingerprint density at radius 2 is 2.04 bits per heavy atom. The third kappa shape index (κ3) is 3.23. The molecule has 4 rings (SSSR count). The van der Waals surface area contributed by atoms with E-state index in [-0.39, 0.29) is 17.2 Å². The Morgan fingerprint density at radius 1 is 1.26 bits per heavy atom. The maximum absolute atomic E-state index is 13.4. The number of hydrogen-bond acceptors (Lipinski definition) is 5. The number of Topliss-reactive ketones (excluding diaryl/α,β-unsaturated/α-hetero) is 1. The average molecular weight is 383 g/mol. The summed E-state index contributed by atoms with van der Waals surface area (Å²) in [5, 5.41) is 3.71. The number of benzene rings is 1. The van der Waals surface area contributed by atoms with Crippen LogP contribution in [0, 0.1) is 5.82 Å². The fourth-order valence-electron chi connectivity index (χ4n) is 3.64. The van der Waals surface area contributed by atoms with Gasteiger partial charge in [0.2, 0.25) is 0 Å². The van der Waals surface area contributed by atoms with Crippen molar-refractivity contribution in [1.29, 1.82) is 0 Å². The van der Waals surface area contributed by atoms with E-state index in [9.17, 15) is 14.0 Å². The van der Waals surface area contributed by atoms with Crippen LogP contribution in [0.25, 0.3) is 0 Å². The number of fused-ring (bicyclic) bond motifs is 1. The number of anilines is 1. The zero-order valence-corrected chi connectivity index (χ0v) is 15.4. The van der Waals surface area contributed by atoms with E-state index < -0.39 is 5.92 Å². The highest BCUT2D eigenvalue weighted by Crippen LogP contribution is 2.43. The number of allylic oxidation sites excluding steroid dienone is 2. The second kappa shape index (κ2) is 7.15. The SMILES string of the molecule is C=CCSc1nc2c(c(=O)[nH]1)[C@@H](c1ccc(F)cc1)C1=C(CCCC1=O)N2. The van der Waals surface area contributed by atoms with Gasteiger partial charge in [0, 0.05) is 29.4 Å². The minimum Gasteiger partial charge on any atom is -0.343 e. The van der Waals surface area contributed by atoms with Crippen LogP contribution in [0.15, 0.2) is 58.1 Å². The molecule has 27 heavy (non-hydrogen) atoms. The molecule has 0 radical (unpaired) electrons. The fourth-order valence-corrected chi connectivity index (χ4v) is 4.23. The van der Waals surface area contributed by atoms with Gasteiger partial charge in [0.1, 0.15) is 11.6 Å². The Kier molecular flexibility index (Phi) is 4.70. The van der Waals surface area contributed by atoms with Gasteiger partial charge in [0.05, 0.1) is 5.56 Å². The van der Waals surface area contributed by atoms with Crippen LogP contribution in [0.2, 0.25) is 0 Å². The van der Waals surface area contributed by atoms with Crippen LogP contribution in [0.3, 0.4) is 0 Å². The molecule has 0 saturated carbocycles. The summed E-state index contributed by atoms with van der Waals surface area (Å²) in [5.41, 5.74) is 2.22. The predicted octanol–water partition coefficient (Wildman–Crippen LogP) is 3.75. The molecule has 0 fully saturated rings. The summed E-state index contributed by atoms with van der Waals surface area (Å²) in [7, 11) is 0. The van der Waals surface area contributed by atoms with Gasteiger partial charge >= 0.3 is 0 Å². The number of halogens is 1. The van der Waals surface area contributed by atoms with Crippen LogP contribution >= 0.6 is 11.8 Å². The summed E-state index contributed by atoms with van der Waals surface area (Å²) in [4.78, 5) is 32.9. The molecule has 5 nitrogen and oxygen atoms in total. The molecule has 1 aromatic carbocycles. The van der Waals surface area contributed by atoms with Gasteiger partial charge in [0.25, 0.3) is 5.56 Å². The number of ketones is 1. The van der Waals surface area contributed by atoms with E-state index in [4.69, 9.17) is 0 Å². The lowest BCUT2D eigenvalue weighted by atomic mass is 9.76. The van der Waals surface area contributed by atoms with E-state index in [1.54, 1.807) is 18.2 Å². The van der Waals surface area contributed by atoms with Crippen LogP contribution in [0.1, 0.15) is 36.3 Å². The van der Waals surface area contributed by atoms with E-state index in [0.29, 0.717) is 39.8 Å². The van der Waals surface area contributed by atoms with Gasteiger partial charge in [-0.15, -0.1) is 6.58 Å². The number of aromatic nitrogens is 2. The molecular weight excluding hydrogens is 365 g/mol. The molecule has 1 atom stereocenters. The summed E-state index contributed by atoms with van der Waals surface area (Å²) < 4.78 is 13.4. The Morgan fingerprint density at radius 3 is 2.78 bits per heavy atom. The van der Waals surface area contributed by atoms with Gasteiger partial charge in [-0.05, 0) is 30.5 Å². The van der Waals surface area contributed by atoms with E-state index in [2.05, 4.69) is 21.9 Å². The van der Waals surface area contributed by atoms with Crippen molar-refractivity contribution in [2.45, 2.75) is 30.3 Å². The van der Waals surface area contributed by atoms with E-state index in [1.807, 2.05) is 0 Å². The molecule has 0 bridgehead atoms. The van der Waals surface area contributed by atoms with Gasteiger partial charge in [0.15, 0.2) is 10.9 Å². The van der Waals surface area contributed by atoms with Crippen LogP contribution < -0.4 is 10.9 Å². The Labute approximate surface area is 159 Å². The molecule has 1 aromatic heterocycles. The number of hydrogen-bond donors (Lipinski definition) is 2. The number of nitrogens with zero attached hydrogens (tertiary/aromatic N) is 1. The number of thioether (sulfide) groups is 1. The number of aromatic amines is 1. The number of H-pyrrole nitrogens is 1. The van der Waals surface area contributed by atoms with Crippen molar-refractivity contribution >= 4 is 23.4 Å². The first-order valence-electron chi connectivity index (χ1n) is 8.75. The van der Waals surface area contributed by atoms with Crippen molar-refractivity contribution in [1.82, 2.24) is 9.97 Å². The highest BCUT2D eigenvalue weighted by molar-refractivity contribution is 7.99. The normalized spacial score (nSPS) is 18.6. The predicted molar refractivity (Wildman–Crippen MR) is 104 cm³/mol. The first-order valence-corrected chi connectivity index (χ1v) is 9.73. The molecule has 0 saturated heterocycles. The van der Waals surface area contributed by atoms with Gasteiger partial charge in [-0.25, -0.2) is 9.37 Å². The molecule has 2 aromatic rings. The topological polar surface area (TPSA) is 74.8 Å². The molecule has 1 aliphatic carbocycles. The minimum absolute atomic E-state index is 0.0215. The monoisotopic (exact) mass is 383 g/mol. The number of carbonyl (C=O) groups is 1. The zero-order chi connectivity index (χ0) is 19.0. The van der Waals surface area contributed by atoms with Crippen molar-refractivity contribution in [3.8, 4) is 0 Å². The second-order valence-electron chi connectivity index (χ2n) is 6.51. The number of rotatable bonds is 4. The van der Waals surface area contributed by atoms with Crippen molar-refractivity contribution in [2.24, 2.45) is 0 Å². The van der Waals surface area contributed by atoms with Gasteiger partial charge in [-0.1, -0.05) is 30.0 Å². The van der Waals surface area contributed by atoms with E-state index in [1.165, 1.54) is 23.9 Å². The summed E-state index contributed by atoms with van der Waals surface area (Å²) in [6.07, 6.45) is 3.67. The summed E-state index contributed by atoms with van der Waals surface area (Å²) >= 11 is 1.38. The van der Waals surface area contributed by atoms with Gasteiger partial charge in [-0.2, -0.15) is 0 Å². The molecule has 1 aliphatic heterocycles. The molecule has 7 heteroatoms. The Hall–Kier alpha value is -2.67. The fraction of sp³-hybridized carbons (Fsp3) is 0.250. The average Bonchev–Trinajstić information content (AvgIpc) is 2.65. The molecule has 0 amide bonds. The van der Waals surface area contributed by atoms with Crippen molar-refractivity contribution in [2.75, 3.05) is 11.1 Å². The quantitative estimate of drug-likeness (QED) is 0.478. The summed E-state index contributed by atoms with van der Waals surface area (Å²) in [5.74, 6) is 0.205. The van der Waals surface area contributed by atoms with Gasteiger partial charge < -0.3 is 10.3 Å². The number of nitrogens with one attached hydrogen (secondary N) is 2. The van der Waals surface area contributed by atoms with Crippen LogP contribution in [-0.4, -0.2) is 21.5 Å². The standard InChI is InChI=1S/C20H18FN3O2S/c1-2-10-27-20-23-18-17(19(26)24-20)15(11-6-8-12(21)9-7-11)16-13(22-18)4-3-5-14(16)25/h2,6-9,15H,1,3-5,10H2,(H2,22,23,24,26)/t15-/m0/s1. The Bertz CT molecular complexity index is 1010. The lowest BCUT2D eigenvalue weighted by Crippen LogP contribution is -2.32. The van der Waals surface area contributed by atoms with Crippen molar-refractivity contribution < 1.29 is 9.18 Å². The maximum Gasteiger partial charge on any atom is 0.257 e. The zero-order valence-electron chi connectivity index (χ0n) is 14.5. The van der Waals surface area contributed by atoms with Crippen LogP contribution in [0.4, 0.5) is 10.2 Å². The highest BCUT2D eigenvalue weighted by atomic mass is 32.2. The molecule has 0 spiro atoms. The smallest absolute Gasteiger partial charge is 0.257 e. The van der Waals surface area contributed by atoms with Crippen LogP contribution in [-0.2, 0) is 4.79 Å². The number of carbonyl (C=O) groups excluding carboxylic acids is 1.